The van der Waals surface area contributed by atoms with Gasteiger partial charge >= 0.3 is 0 Å². The van der Waals surface area contributed by atoms with Crippen LogP contribution in [0.3, 0.4) is 0 Å². The van der Waals surface area contributed by atoms with Crippen molar-refractivity contribution in [2.24, 2.45) is 17.8 Å². The Morgan fingerprint density at radius 3 is 2.30 bits per heavy atom. The number of carbonyl (C=O) groups is 2. The molecule has 2 unspecified atom stereocenters. The predicted octanol–water partition coefficient (Wildman–Crippen LogP) is 2.18. The monoisotopic (exact) mass is 280 g/mol. The molecule has 1 N–H and O–H groups in total. The summed E-state index contributed by atoms with van der Waals surface area (Å²) in [4.78, 5) is 26.8. The van der Waals surface area contributed by atoms with E-state index in [1.807, 2.05) is 32.6 Å². The summed E-state index contributed by atoms with van der Waals surface area (Å²) in [7, 11) is 0. The van der Waals surface area contributed by atoms with Crippen LogP contribution in [0, 0.1) is 17.8 Å². The molecule has 0 bridgehead atoms. The van der Waals surface area contributed by atoms with Gasteiger partial charge in [-0.1, -0.05) is 40.5 Å². The van der Waals surface area contributed by atoms with Gasteiger partial charge in [0, 0.05) is 6.54 Å². The van der Waals surface area contributed by atoms with E-state index in [9.17, 15) is 9.59 Å². The van der Waals surface area contributed by atoms with Crippen LogP contribution in [0.25, 0.3) is 0 Å². The molecule has 1 aliphatic heterocycles. The van der Waals surface area contributed by atoms with Crippen molar-refractivity contribution >= 4 is 11.8 Å². The van der Waals surface area contributed by atoms with Gasteiger partial charge in [-0.15, -0.1) is 0 Å². The summed E-state index contributed by atoms with van der Waals surface area (Å²) in [5.74, 6) is 1.31. The Kier molecular flexibility index (Phi) is 4.71. The molecule has 2 amide bonds. The second kappa shape index (κ2) is 6.15. The lowest BCUT2D eigenvalue weighted by atomic mass is 9.92. The highest BCUT2D eigenvalue weighted by Gasteiger charge is 2.42. The van der Waals surface area contributed by atoms with Crippen LogP contribution < -0.4 is 5.32 Å². The van der Waals surface area contributed by atoms with Gasteiger partial charge in [0.1, 0.15) is 12.1 Å². The molecule has 1 saturated carbocycles. The third-order valence-corrected chi connectivity index (χ3v) is 4.46. The molecular formula is C16H28N2O2. The molecule has 0 aromatic heterocycles. The molecule has 0 radical (unpaired) electrons. The zero-order valence-corrected chi connectivity index (χ0v) is 13.2. The van der Waals surface area contributed by atoms with Crippen LogP contribution in [0.2, 0.25) is 0 Å². The number of carbonyl (C=O) groups excluding carboxylic acids is 2. The molecular weight excluding hydrogens is 252 g/mol. The van der Waals surface area contributed by atoms with Gasteiger partial charge in [-0.3, -0.25) is 9.59 Å². The summed E-state index contributed by atoms with van der Waals surface area (Å²) in [6, 6.07) is -0.643. The van der Waals surface area contributed by atoms with E-state index in [1.165, 1.54) is 19.3 Å². The lowest BCUT2D eigenvalue weighted by Crippen LogP contribution is -2.66. The molecule has 0 aromatic rings. The molecule has 0 aromatic carbocycles. The highest BCUT2D eigenvalue weighted by Crippen LogP contribution is 2.33. The summed E-state index contributed by atoms with van der Waals surface area (Å²) < 4.78 is 0. The summed E-state index contributed by atoms with van der Waals surface area (Å²) in [5, 5.41) is 2.91. The highest BCUT2D eigenvalue weighted by molar-refractivity contribution is 5.97. The Labute approximate surface area is 122 Å². The SMILES string of the molecule is CC(C)C1NC(=O)C(C(C)C)N(CCCC2CC2)C1=O. The molecule has 1 aliphatic carbocycles. The summed E-state index contributed by atoms with van der Waals surface area (Å²) in [6.07, 6.45) is 4.91. The summed E-state index contributed by atoms with van der Waals surface area (Å²) >= 11 is 0. The first-order valence-corrected chi connectivity index (χ1v) is 8.02. The number of hydrogen-bond donors (Lipinski definition) is 1. The second-order valence-corrected chi connectivity index (χ2v) is 7.04. The third kappa shape index (κ3) is 3.33. The molecule has 2 fully saturated rings. The third-order valence-electron chi connectivity index (χ3n) is 4.46. The number of rotatable bonds is 6. The maximum atomic E-state index is 12.6. The van der Waals surface area contributed by atoms with Crippen molar-refractivity contribution in [1.29, 1.82) is 0 Å². The molecule has 20 heavy (non-hydrogen) atoms. The summed E-state index contributed by atoms with van der Waals surface area (Å²) in [6.45, 7) is 8.74. The van der Waals surface area contributed by atoms with Gasteiger partial charge in [0.15, 0.2) is 0 Å². The first-order chi connectivity index (χ1) is 9.41. The minimum Gasteiger partial charge on any atom is -0.342 e. The minimum atomic E-state index is -0.349. The Bertz CT molecular complexity index is 375. The molecule has 2 aliphatic rings. The zero-order valence-electron chi connectivity index (χ0n) is 13.2. The zero-order chi connectivity index (χ0) is 14.9. The van der Waals surface area contributed by atoms with Gasteiger partial charge < -0.3 is 10.2 Å². The molecule has 2 atom stereocenters. The molecule has 114 valence electrons. The average Bonchev–Trinajstić information content (AvgIpc) is 3.16. The number of nitrogens with one attached hydrogen (secondary N) is 1. The standard InChI is InChI=1S/C16H28N2O2/c1-10(2)13-16(20)18(9-5-6-12-7-8-12)14(11(3)4)15(19)17-13/h10-14H,5-9H2,1-4H3,(H,17,19). The Morgan fingerprint density at radius 1 is 1.15 bits per heavy atom. The first kappa shape index (κ1) is 15.3. The van der Waals surface area contributed by atoms with Gasteiger partial charge in [-0.05, 0) is 30.6 Å². The van der Waals surface area contributed by atoms with E-state index in [0.29, 0.717) is 0 Å². The molecule has 4 nitrogen and oxygen atoms in total. The van der Waals surface area contributed by atoms with Crippen LogP contribution in [-0.4, -0.2) is 35.3 Å². The van der Waals surface area contributed by atoms with Gasteiger partial charge in [0.05, 0.1) is 0 Å². The number of amides is 2. The predicted molar refractivity (Wildman–Crippen MR) is 79.1 cm³/mol. The van der Waals surface area contributed by atoms with E-state index in [4.69, 9.17) is 0 Å². The van der Waals surface area contributed by atoms with Crippen LogP contribution in [0.15, 0.2) is 0 Å². The van der Waals surface area contributed by atoms with E-state index in [2.05, 4.69) is 5.32 Å². The van der Waals surface area contributed by atoms with Crippen LogP contribution in [0.5, 0.6) is 0 Å². The lowest BCUT2D eigenvalue weighted by molar-refractivity contribution is -0.152. The van der Waals surface area contributed by atoms with Crippen LogP contribution in [0.1, 0.15) is 53.4 Å². The summed E-state index contributed by atoms with van der Waals surface area (Å²) in [5.41, 5.74) is 0. The molecule has 2 rings (SSSR count). The Hall–Kier alpha value is -1.06. The highest BCUT2D eigenvalue weighted by atomic mass is 16.2. The minimum absolute atomic E-state index is 0.0183. The van der Waals surface area contributed by atoms with Gasteiger partial charge in [0.2, 0.25) is 11.8 Å². The first-order valence-electron chi connectivity index (χ1n) is 8.02. The van der Waals surface area contributed by atoms with Crippen molar-refractivity contribution in [1.82, 2.24) is 10.2 Å². The van der Waals surface area contributed by atoms with Crippen LogP contribution in [-0.2, 0) is 9.59 Å². The van der Waals surface area contributed by atoms with Gasteiger partial charge in [-0.2, -0.15) is 0 Å². The largest absolute Gasteiger partial charge is 0.342 e. The fourth-order valence-corrected chi connectivity index (χ4v) is 3.08. The normalized spacial score (nSPS) is 27.4. The van der Waals surface area contributed by atoms with Gasteiger partial charge in [0.25, 0.3) is 0 Å². The lowest BCUT2D eigenvalue weighted by Gasteiger charge is -2.42. The fourth-order valence-electron chi connectivity index (χ4n) is 3.08. The number of hydrogen-bond acceptors (Lipinski definition) is 2. The van der Waals surface area contributed by atoms with Gasteiger partial charge in [-0.25, -0.2) is 0 Å². The van der Waals surface area contributed by atoms with E-state index in [0.717, 1.165) is 18.9 Å². The van der Waals surface area contributed by atoms with Crippen molar-refractivity contribution in [3.05, 3.63) is 0 Å². The molecule has 1 heterocycles. The molecule has 1 saturated heterocycles. The topological polar surface area (TPSA) is 49.4 Å². The maximum absolute atomic E-state index is 12.6. The number of nitrogens with zero attached hydrogens (tertiary/aromatic N) is 1. The van der Waals surface area contributed by atoms with E-state index < -0.39 is 0 Å². The van der Waals surface area contributed by atoms with E-state index >= 15 is 0 Å². The number of piperazine rings is 1. The van der Waals surface area contributed by atoms with E-state index in [-0.39, 0.29) is 35.7 Å². The second-order valence-electron chi connectivity index (χ2n) is 7.04. The molecule has 4 heteroatoms. The van der Waals surface area contributed by atoms with E-state index in [1.54, 1.807) is 0 Å². The van der Waals surface area contributed by atoms with Crippen molar-refractivity contribution in [2.45, 2.75) is 65.5 Å². The Morgan fingerprint density at radius 2 is 1.80 bits per heavy atom. The van der Waals surface area contributed by atoms with Crippen molar-refractivity contribution in [3.63, 3.8) is 0 Å². The quantitative estimate of drug-likeness (QED) is 0.811. The maximum Gasteiger partial charge on any atom is 0.246 e. The van der Waals surface area contributed by atoms with Crippen molar-refractivity contribution < 1.29 is 9.59 Å². The molecule has 0 spiro atoms. The van der Waals surface area contributed by atoms with Crippen molar-refractivity contribution in [3.8, 4) is 0 Å². The van der Waals surface area contributed by atoms with Crippen molar-refractivity contribution in [2.75, 3.05) is 6.54 Å². The average molecular weight is 280 g/mol. The van der Waals surface area contributed by atoms with Crippen LogP contribution >= 0.6 is 0 Å². The fraction of sp³-hybridized carbons (Fsp3) is 0.875. The Balaban J connectivity index is 2.05. The van der Waals surface area contributed by atoms with Crippen LogP contribution in [0.4, 0.5) is 0 Å². The smallest absolute Gasteiger partial charge is 0.246 e.